The van der Waals surface area contributed by atoms with Crippen LogP contribution in [0.3, 0.4) is 0 Å². The van der Waals surface area contributed by atoms with Gasteiger partial charge in [0.05, 0.1) is 19.3 Å². The first-order valence-corrected chi connectivity index (χ1v) is 18.9. The van der Waals surface area contributed by atoms with Gasteiger partial charge < -0.3 is 93.4 Å². The topological polar surface area (TPSA) is 433 Å². The highest BCUT2D eigenvalue weighted by atomic mass is 16.7. The molecule has 2 aliphatic rings. The minimum atomic E-state index is -1.87. The van der Waals surface area contributed by atoms with E-state index in [-0.39, 0.29) is 25.7 Å². The zero-order valence-electron chi connectivity index (χ0n) is 33.4. The summed E-state index contributed by atoms with van der Waals surface area (Å²) in [7, 11) is 0. The summed E-state index contributed by atoms with van der Waals surface area (Å²) in [5.41, 5.74) is 16.1. The van der Waals surface area contributed by atoms with Crippen LogP contribution in [-0.4, -0.2) is 183 Å². The van der Waals surface area contributed by atoms with Crippen molar-refractivity contribution in [3.05, 3.63) is 0 Å². The molecule has 0 saturated carbocycles. The van der Waals surface area contributed by atoms with Gasteiger partial charge in [-0.3, -0.25) is 33.6 Å². The lowest BCUT2D eigenvalue weighted by Crippen LogP contribution is -2.70. The molecular formula is C34H58N8O18. The molecule has 0 aromatic rings. The normalized spacial score (nSPS) is 29.0. The second-order valence-corrected chi connectivity index (χ2v) is 14.4. The number of aliphatic hydroxyl groups excluding tert-OH is 5. The molecule has 0 unspecified atom stereocenters. The van der Waals surface area contributed by atoms with Gasteiger partial charge in [-0.05, 0) is 39.5 Å². The molecule has 26 heteroatoms. The van der Waals surface area contributed by atoms with E-state index in [1.807, 2.05) is 0 Å². The molecule has 15 atom stereocenters. The van der Waals surface area contributed by atoms with Crippen LogP contribution < -0.4 is 43.8 Å². The number of ether oxygens (including phenoxy) is 4. The van der Waals surface area contributed by atoms with E-state index in [1.54, 1.807) is 0 Å². The molecule has 342 valence electrons. The van der Waals surface area contributed by atoms with E-state index >= 15 is 0 Å². The highest BCUT2D eigenvalue weighted by molar-refractivity contribution is 5.92. The summed E-state index contributed by atoms with van der Waals surface area (Å²) in [6.07, 6.45) is -15.4. The smallest absolute Gasteiger partial charge is 0.326 e. The molecule has 2 heterocycles. The molecule has 0 radical (unpaired) electrons. The lowest BCUT2D eigenvalue weighted by Gasteiger charge is -2.48. The largest absolute Gasteiger partial charge is 0.480 e. The van der Waals surface area contributed by atoms with Crippen molar-refractivity contribution in [1.82, 2.24) is 26.6 Å². The summed E-state index contributed by atoms with van der Waals surface area (Å²) in [6, 6.07) is -8.23. The van der Waals surface area contributed by atoms with Crippen LogP contribution in [-0.2, 0) is 57.3 Å². The first-order valence-electron chi connectivity index (χ1n) is 18.9. The number of carbonyl (C=O) groups is 8. The van der Waals surface area contributed by atoms with E-state index in [1.165, 1.54) is 13.8 Å². The number of nitrogens with one attached hydrogen (secondary N) is 5. The third kappa shape index (κ3) is 15.1. The van der Waals surface area contributed by atoms with E-state index in [0.717, 1.165) is 13.8 Å². The summed E-state index contributed by atoms with van der Waals surface area (Å²) < 4.78 is 23.1. The van der Waals surface area contributed by atoms with Crippen LogP contribution in [0.25, 0.3) is 0 Å². The van der Waals surface area contributed by atoms with Gasteiger partial charge in [0.2, 0.25) is 41.4 Å². The first-order chi connectivity index (χ1) is 28.0. The summed E-state index contributed by atoms with van der Waals surface area (Å²) in [5, 5.41) is 73.1. The second-order valence-electron chi connectivity index (χ2n) is 14.4. The number of primary amides is 2. The van der Waals surface area contributed by atoms with Crippen molar-refractivity contribution in [2.75, 3.05) is 13.2 Å². The molecule has 0 bridgehead atoms. The van der Waals surface area contributed by atoms with Gasteiger partial charge in [0, 0.05) is 20.3 Å². The molecule has 7 amide bonds. The number of aliphatic carboxylic acids is 1. The molecule has 17 N–H and O–H groups in total. The molecule has 0 spiro atoms. The van der Waals surface area contributed by atoms with Gasteiger partial charge >= 0.3 is 5.97 Å². The van der Waals surface area contributed by atoms with Gasteiger partial charge in [-0.1, -0.05) is 0 Å². The SMILES string of the molecule is CC(=O)N[C@@H]1[C@@H](O[C@@H](C)C(=O)N[C@@H](C)C(=O)N[C@H](CCC(=O)N[C@@H](CCC[C@@H](N)C(N)=O)C(=O)O)C(N)=O)[C@H](O[C@@H]2O[C@H](CO)[C@@H](O)[C@H](O)[C@H]2NC(C)=O)[C@@H](CO)O[C@H]1O. The van der Waals surface area contributed by atoms with Crippen LogP contribution in [0.15, 0.2) is 0 Å². The monoisotopic (exact) mass is 866 g/mol. The van der Waals surface area contributed by atoms with Crippen LogP contribution in [0, 0.1) is 0 Å². The summed E-state index contributed by atoms with van der Waals surface area (Å²) >= 11 is 0. The second kappa shape index (κ2) is 24.0. The summed E-state index contributed by atoms with van der Waals surface area (Å²) in [6.45, 7) is 2.92. The van der Waals surface area contributed by atoms with Crippen LogP contribution in [0.4, 0.5) is 0 Å². The van der Waals surface area contributed by atoms with Gasteiger partial charge in [-0.15, -0.1) is 0 Å². The fourth-order valence-electron chi connectivity index (χ4n) is 6.28. The molecule has 60 heavy (non-hydrogen) atoms. The van der Waals surface area contributed by atoms with Crippen molar-refractivity contribution in [1.29, 1.82) is 0 Å². The number of carboxylic acids is 1. The van der Waals surface area contributed by atoms with Crippen molar-refractivity contribution < 1.29 is 87.9 Å². The average molecular weight is 867 g/mol. The lowest BCUT2D eigenvalue weighted by atomic mass is 9.94. The van der Waals surface area contributed by atoms with E-state index in [4.69, 9.17) is 36.1 Å². The van der Waals surface area contributed by atoms with Crippen molar-refractivity contribution >= 4 is 47.3 Å². The molecular weight excluding hydrogens is 808 g/mol. The van der Waals surface area contributed by atoms with Crippen LogP contribution >= 0.6 is 0 Å². The summed E-state index contributed by atoms with van der Waals surface area (Å²) in [4.78, 5) is 98.1. The Morgan fingerprint density at radius 1 is 0.717 bits per heavy atom. The maximum absolute atomic E-state index is 13.4. The van der Waals surface area contributed by atoms with Crippen molar-refractivity contribution in [2.45, 2.75) is 151 Å². The minimum Gasteiger partial charge on any atom is -0.480 e. The van der Waals surface area contributed by atoms with Crippen LogP contribution in [0.5, 0.6) is 0 Å². The highest BCUT2D eigenvalue weighted by Crippen LogP contribution is 2.31. The number of carbonyl (C=O) groups excluding carboxylic acids is 7. The molecule has 0 aliphatic carbocycles. The Labute approximate surface area is 343 Å². The number of rotatable bonds is 23. The molecule has 26 nitrogen and oxygen atoms in total. The number of amides is 7. The predicted octanol–water partition coefficient (Wildman–Crippen LogP) is -7.89. The van der Waals surface area contributed by atoms with E-state index in [0.29, 0.717) is 0 Å². The van der Waals surface area contributed by atoms with E-state index in [2.05, 4.69) is 26.6 Å². The zero-order valence-corrected chi connectivity index (χ0v) is 33.4. The molecule has 2 saturated heterocycles. The van der Waals surface area contributed by atoms with Crippen molar-refractivity contribution in [3.8, 4) is 0 Å². The molecule has 2 aliphatic heterocycles. The Morgan fingerprint density at radius 3 is 1.85 bits per heavy atom. The standard InChI is InChI=1S/C34H58N8O18/c1-12(30(52)42-17(29(37)51)8-9-21(47)41-18(32(54)55)7-5-6-16(35)28(36)50)38-31(53)13(2)57-27-23(40-15(4)46)33(56)58-20(11-44)26(27)60-34-22(39-14(3)45)25(49)24(48)19(10-43)59-34/h12-13,16-20,22-27,33-34,43-44,48-49,56H,5-11,35H2,1-4H3,(H2,36,50)(H2,37,51)(H,38,53)(H,39,45)(H,40,46)(H,41,47)(H,42,52)(H,54,55)/t12-,13-,16+,17+,18-,19+,20+,22+,23+,24+,25+,26+,27+,33+,34-/m0/s1. The fraction of sp³-hybridized carbons (Fsp3) is 0.765. The first kappa shape index (κ1) is 51.5. The third-order valence-corrected chi connectivity index (χ3v) is 9.57. The molecule has 0 aromatic carbocycles. The van der Waals surface area contributed by atoms with Gasteiger partial charge in [0.25, 0.3) is 0 Å². The number of hydrogen-bond donors (Lipinski definition) is 14. The fourth-order valence-corrected chi connectivity index (χ4v) is 6.28. The van der Waals surface area contributed by atoms with Gasteiger partial charge in [-0.25, -0.2) is 4.79 Å². The molecule has 2 fully saturated rings. The van der Waals surface area contributed by atoms with Gasteiger partial charge in [-0.2, -0.15) is 0 Å². The minimum absolute atomic E-state index is 0.0712. The number of carboxylic acid groups (broad SMARTS) is 1. The molecule has 2 rings (SSSR count). The summed E-state index contributed by atoms with van der Waals surface area (Å²) in [5.74, 6) is -7.36. The van der Waals surface area contributed by atoms with Crippen molar-refractivity contribution in [2.24, 2.45) is 17.2 Å². The Hall–Kier alpha value is -4.64. The van der Waals surface area contributed by atoms with Gasteiger partial charge in [0.15, 0.2) is 12.6 Å². The number of hydrogen-bond acceptors (Lipinski definition) is 18. The number of aliphatic hydroxyl groups is 5. The van der Waals surface area contributed by atoms with Crippen molar-refractivity contribution in [3.63, 3.8) is 0 Å². The maximum Gasteiger partial charge on any atom is 0.326 e. The predicted molar refractivity (Wildman–Crippen MR) is 199 cm³/mol. The Morgan fingerprint density at radius 2 is 1.32 bits per heavy atom. The van der Waals surface area contributed by atoms with E-state index in [9.17, 15) is 69.0 Å². The Kier molecular flexibility index (Phi) is 20.6. The zero-order chi connectivity index (χ0) is 45.6. The third-order valence-electron chi connectivity index (χ3n) is 9.57. The van der Waals surface area contributed by atoms with Crippen LogP contribution in [0.1, 0.15) is 59.8 Å². The van der Waals surface area contributed by atoms with Gasteiger partial charge in [0.1, 0.15) is 72.9 Å². The number of nitrogens with two attached hydrogens (primary N) is 3. The maximum atomic E-state index is 13.4. The average Bonchev–Trinajstić information content (AvgIpc) is 3.16. The van der Waals surface area contributed by atoms with Crippen LogP contribution in [0.2, 0.25) is 0 Å². The Bertz CT molecular complexity index is 1530. The quantitative estimate of drug-likeness (QED) is 0.0453. The van der Waals surface area contributed by atoms with E-state index < -0.39 is 159 Å². The highest BCUT2D eigenvalue weighted by Gasteiger charge is 2.53. The molecule has 0 aromatic heterocycles. The lowest BCUT2D eigenvalue weighted by molar-refractivity contribution is -0.333. The Balaban J connectivity index is 2.18.